The summed E-state index contributed by atoms with van der Waals surface area (Å²) in [6, 6.07) is 8.81. The number of thiophene rings is 1. The van der Waals surface area contributed by atoms with Crippen molar-refractivity contribution in [2.75, 3.05) is 31.7 Å². The smallest absolute Gasteiger partial charge is 0.341 e. The average molecular weight is 570 g/mol. The van der Waals surface area contributed by atoms with E-state index in [1.165, 1.54) is 34.0 Å². The minimum atomic E-state index is -3.68. The summed E-state index contributed by atoms with van der Waals surface area (Å²) in [6.45, 7) is 8.00. The van der Waals surface area contributed by atoms with Gasteiger partial charge in [0.1, 0.15) is 9.96 Å². The monoisotopic (exact) mass is 569 g/mol. The number of allylic oxidation sites excluding steroid dienone is 1. The molecule has 0 aliphatic carbocycles. The second-order valence-electron chi connectivity index (χ2n) is 7.43. The highest BCUT2D eigenvalue weighted by Crippen LogP contribution is 2.29. The van der Waals surface area contributed by atoms with Crippen molar-refractivity contribution < 1.29 is 23.1 Å². The first kappa shape index (κ1) is 30.0. The molecule has 0 amide bonds. The Labute approximate surface area is 225 Å². The van der Waals surface area contributed by atoms with Crippen LogP contribution in [0.4, 0.5) is 0 Å². The summed E-state index contributed by atoms with van der Waals surface area (Å²) in [5.74, 6) is 0.0363. The summed E-state index contributed by atoms with van der Waals surface area (Å²) in [4.78, 5) is 16.8. The molecule has 196 valence electrons. The van der Waals surface area contributed by atoms with Crippen LogP contribution in [0.3, 0.4) is 0 Å². The number of rotatable bonds is 15. The maximum atomic E-state index is 13.4. The number of aliphatic carboxylic acids is 1. The van der Waals surface area contributed by atoms with Crippen molar-refractivity contribution in [2.24, 2.45) is 10.7 Å². The molecule has 0 atom stereocenters. The molecule has 0 spiro atoms. The fourth-order valence-corrected chi connectivity index (χ4v) is 7.29. The highest BCUT2D eigenvalue weighted by Gasteiger charge is 2.26. The predicted octanol–water partition coefficient (Wildman–Crippen LogP) is 4.81. The Morgan fingerprint density at radius 1 is 1.31 bits per heavy atom. The number of carboxylic acid groups (broad SMARTS) is 1. The zero-order chi connectivity index (χ0) is 26.7. The Morgan fingerprint density at radius 2 is 2.06 bits per heavy atom. The lowest BCUT2D eigenvalue weighted by Crippen LogP contribution is -2.33. The molecular formula is C24H31N3O5S4. The van der Waals surface area contributed by atoms with E-state index in [0.717, 1.165) is 21.8 Å². The van der Waals surface area contributed by atoms with Crippen molar-refractivity contribution in [3.8, 4) is 5.75 Å². The van der Waals surface area contributed by atoms with Crippen molar-refractivity contribution >= 4 is 56.6 Å². The van der Waals surface area contributed by atoms with E-state index in [4.69, 9.17) is 15.6 Å². The van der Waals surface area contributed by atoms with E-state index >= 15 is 0 Å². The number of carboxylic acids is 1. The average Bonchev–Trinajstić information content (AvgIpc) is 3.33. The van der Waals surface area contributed by atoms with Crippen LogP contribution in [0.2, 0.25) is 0 Å². The van der Waals surface area contributed by atoms with Gasteiger partial charge in [0.15, 0.2) is 6.61 Å². The quantitative estimate of drug-likeness (QED) is 0.232. The van der Waals surface area contributed by atoms with Gasteiger partial charge >= 0.3 is 5.97 Å². The molecule has 0 unspecified atom stereocenters. The number of carbonyl (C=O) groups is 1. The van der Waals surface area contributed by atoms with Gasteiger partial charge in [-0.3, -0.25) is 0 Å². The standard InChI is InChI=1S/C24H31N3O5S4/c1-5-12-27(13-14-34-19-6-7-21(17(2)15-19)32-16-23(28)29)36(30,31)24-9-8-22(35-24)20(10-11-25)26-18(3)33-4/h6-11,15H,3,5,12-14,16,25H2,1-2,4H3,(H,28,29)/b11-10-,26-20?. The summed E-state index contributed by atoms with van der Waals surface area (Å²) in [7, 11) is -3.68. The van der Waals surface area contributed by atoms with Crippen LogP contribution < -0.4 is 10.5 Å². The number of aliphatic imine (C=N–C) groups is 1. The number of aryl methyl sites for hydroxylation is 1. The van der Waals surface area contributed by atoms with Crippen molar-refractivity contribution in [3.63, 3.8) is 0 Å². The summed E-state index contributed by atoms with van der Waals surface area (Å²) in [6.07, 6.45) is 5.55. The van der Waals surface area contributed by atoms with E-state index < -0.39 is 22.6 Å². The van der Waals surface area contributed by atoms with Crippen LogP contribution in [-0.4, -0.2) is 61.2 Å². The number of sulfonamides is 1. The van der Waals surface area contributed by atoms with Crippen LogP contribution in [0.25, 0.3) is 0 Å². The molecule has 2 rings (SSSR count). The van der Waals surface area contributed by atoms with Crippen molar-refractivity contribution in [1.29, 1.82) is 0 Å². The number of nitrogens with zero attached hydrogens (tertiary/aromatic N) is 2. The molecule has 2 aromatic rings. The second-order valence-corrected chi connectivity index (χ2v) is 12.7. The molecule has 1 aromatic heterocycles. The SMILES string of the molecule is C=C(N=C(/C=C\N)c1ccc(S(=O)(=O)N(CCC)CCSc2ccc(OCC(=O)O)c(C)c2)s1)SC. The Bertz CT molecular complexity index is 1220. The number of benzene rings is 1. The highest BCUT2D eigenvalue weighted by atomic mass is 32.2. The molecule has 0 fully saturated rings. The minimum absolute atomic E-state index is 0.250. The number of nitrogens with two attached hydrogens (primary N) is 1. The number of ether oxygens (including phenoxy) is 1. The molecule has 1 aromatic carbocycles. The van der Waals surface area contributed by atoms with Gasteiger partial charge in [-0.25, -0.2) is 18.2 Å². The minimum Gasteiger partial charge on any atom is -0.482 e. The van der Waals surface area contributed by atoms with Gasteiger partial charge in [-0.15, -0.1) is 34.9 Å². The summed E-state index contributed by atoms with van der Waals surface area (Å²) in [5.41, 5.74) is 6.94. The molecule has 0 saturated heterocycles. The highest BCUT2D eigenvalue weighted by molar-refractivity contribution is 8.02. The first-order chi connectivity index (χ1) is 17.1. The van der Waals surface area contributed by atoms with E-state index in [0.29, 0.717) is 46.6 Å². The predicted molar refractivity (Wildman–Crippen MR) is 151 cm³/mol. The van der Waals surface area contributed by atoms with E-state index in [1.54, 1.807) is 24.3 Å². The fraction of sp³-hybridized carbons (Fsp3) is 0.333. The molecule has 0 saturated carbocycles. The molecule has 0 bridgehead atoms. The first-order valence-electron chi connectivity index (χ1n) is 11.0. The van der Waals surface area contributed by atoms with Gasteiger partial charge in [0.25, 0.3) is 10.0 Å². The van der Waals surface area contributed by atoms with Crippen LogP contribution in [0.5, 0.6) is 5.75 Å². The number of hydrogen-bond acceptors (Lipinski definition) is 9. The topological polar surface area (TPSA) is 122 Å². The van der Waals surface area contributed by atoms with Gasteiger partial charge in [-0.1, -0.05) is 13.5 Å². The van der Waals surface area contributed by atoms with Crippen molar-refractivity contribution in [3.05, 3.63) is 64.7 Å². The molecule has 0 aliphatic heterocycles. The zero-order valence-corrected chi connectivity index (χ0v) is 23.7. The third-order valence-corrected chi connectivity index (χ3v) is 9.75. The third-order valence-electron chi connectivity index (χ3n) is 4.74. The first-order valence-corrected chi connectivity index (χ1v) is 15.5. The van der Waals surface area contributed by atoms with E-state index in [-0.39, 0.29) is 4.21 Å². The molecular weight excluding hydrogens is 539 g/mol. The molecule has 8 nitrogen and oxygen atoms in total. The van der Waals surface area contributed by atoms with E-state index in [2.05, 4.69) is 11.6 Å². The number of hydrogen-bond donors (Lipinski definition) is 2. The third kappa shape index (κ3) is 8.70. The van der Waals surface area contributed by atoms with Crippen LogP contribution in [-0.2, 0) is 14.8 Å². The largest absolute Gasteiger partial charge is 0.482 e. The van der Waals surface area contributed by atoms with Gasteiger partial charge in [0, 0.05) is 23.7 Å². The van der Waals surface area contributed by atoms with Crippen LogP contribution >= 0.6 is 34.9 Å². The Balaban J connectivity index is 2.13. The molecule has 1 heterocycles. The lowest BCUT2D eigenvalue weighted by Gasteiger charge is -2.20. The van der Waals surface area contributed by atoms with Gasteiger partial charge in [0.2, 0.25) is 0 Å². The Hall–Kier alpha value is -2.25. The molecule has 3 N–H and O–H groups in total. The maximum absolute atomic E-state index is 13.4. The van der Waals surface area contributed by atoms with E-state index in [9.17, 15) is 13.2 Å². The molecule has 36 heavy (non-hydrogen) atoms. The molecule has 0 radical (unpaired) electrons. The van der Waals surface area contributed by atoms with Crippen LogP contribution in [0, 0.1) is 6.92 Å². The summed E-state index contributed by atoms with van der Waals surface area (Å²) >= 11 is 4.08. The molecule has 12 heteroatoms. The lowest BCUT2D eigenvalue weighted by molar-refractivity contribution is -0.139. The number of thioether (sulfide) groups is 2. The molecule has 0 aliphatic rings. The van der Waals surface area contributed by atoms with Crippen LogP contribution in [0.1, 0.15) is 23.8 Å². The van der Waals surface area contributed by atoms with E-state index in [1.807, 2.05) is 32.2 Å². The maximum Gasteiger partial charge on any atom is 0.341 e. The van der Waals surface area contributed by atoms with Crippen LogP contribution in [0.15, 0.2) is 68.3 Å². The Kier molecular flexibility index (Phi) is 12.1. The van der Waals surface area contributed by atoms with Gasteiger partial charge in [-0.05, 0) is 67.8 Å². The van der Waals surface area contributed by atoms with Gasteiger partial charge in [0.05, 0.1) is 15.6 Å². The van der Waals surface area contributed by atoms with Crippen molar-refractivity contribution in [2.45, 2.75) is 29.4 Å². The van der Waals surface area contributed by atoms with Gasteiger partial charge < -0.3 is 15.6 Å². The van der Waals surface area contributed by atoms with Gasteiger partial charge in [-0.2, -0.15) is 4.31 Å². The summed E-state index contributed by atoms with van der Waals surface area (Å²) in [5, 5.41) is 9.38. The second kappa shape index (κ2) is 14.5. The summed E-state index contributed by atoms with van der Waals surface area (Å²) < 4.78 is 33.9. The zero-order valence-electron chi connectivity index (χ0n) is 20.5. The fourth-order valence-electron chi connectivity index (χ4n) is 3.05. The normalized spacial score (nSPS) is 12.4. The lowest BCUT2D eigenvalue weighted by atomic mass is 10.2. The van der Waals surface area contributed by atoms with Crippen molar-refractivity contribution in [1.82, 2.24) is 4.31 Å². The Morgan fingerprint density at radius 3 is 2.67 bits per heavy atom.